The van der Waals surface area contributed by atoms with Crippen molar-refractivity contribution in [3.8, 4) is 0 Å². The van der Waals surface area contributed by atoms with Gasteiger partial charge in [-0.25, -0.2) is 0 Å². The summed E-state index contributed by atoms with van der Waals surface area (Å²) in [7, 11) is 0. The van der Waals surface area contributed by atoms with Gasteiger partial charge >= 0.3 is 6.18 Å². The summed E-state index contributed by atoms with van der Waals surface area (Å²) in [6.07, 6.45) is 0.633. The molecule has 1 amide bonds. The number of benzene rings is 1. The van der Waals surface area contributed by atoms with E-state index in [0.717, 1.165) is 44.2 Å². The Balaban J connectivity index is 1.93. The van der Waals surface area contributed by atoms with Crippen LogP contribution in [-0.4, -0.2) is 11.4 Å². The van der Waals surface area contributed by atoms with Crippen molar-refractivity contribution < 1.29 is 18.0 Å². The van der Waals surface area contributed by atoms with Gasteiger partial charge in [0.25, 0.3) is 0 Å². The molecule has 0 aromatic heterocycles. The standard InChI is InChI=1S/C15H19F3N2O/c16-15(17,18)11-4-6-12(7-5-11)20-13(21)10-14(19)8-2-1-3-9-14/h4-7H,1-3,8-10,19H2,(H,20,21). The largest absolute Gasteiger partial charge is 0.416 e. The number of rotatable bonds is 3. The maximum atomic E-state index is 12.4. The van der Waals surface area contributed by atoms with Crippen molar-refractivity contribution in [3.63, 3.8) is 0 Å². The zero-order valence-corrected chi connectivity index (χ0v) is 11.7. The van der Waals surface area contributed by atoms with Crippen LogP contribution in [-0.2, 0) is 11.0 Å². The summed E-state index contributed by atoms with van der Waals surface area (Å²) in [6.45, 7) is 0. The Morgan fingerprint density at radius 1 is 1.14 bits per heavy atom. The molecular formula is C15H19F3N2O. The zero-order valence-electron chi connectivity index (χ0n) is 11.7. The van der Waals surface area contributed by atoms with Gasteiger partial charge in [0.15, 0.2) is 0 Å². The molecule has 1 aliphatic rings. The van der Waals surface area contributed by atoms with Gasteiger partial charge < -0.3 is 11.1 Å². The summed E-state index contributed by atoms with van der Waals surface area (Å²) in [5, 5.41) is 2.61. The quantitative estimate of drug-likeness (QED) is 0.894. The van der Waals surface area contributed by atoms with Crippen LogP contribution in [0.5, 0.6) is 0 Å². The number of anilines is 1. The summed E-state index contributed by atoms with van der Waals surface area (Å²) < 4.78 is 37.3. The van der Waals surface area contributed by atoms with Crippen LogP contribution in [0.3, 0.4) is 0 Å². The van der Waals surface area contributed by atoms with E-state index >= 15 is 0 Å². The molecular weight excluding hydrogens is 281 g/mol. The molecule has 0 aliphatic heterocycles. The lowest BCUT2D eigenvalue weighted by Gasteiger charge is -2.32. The topological polar surface area (TPSA) is 55.1 Å². The Bertz CT molecular complexity index is 491. The monoisotopic (exact) mass is 300 g/mol. The van der Waals surface area contributed by atoms with Gasteiger partial charge in [0, 0.05) is 17.6 Å². The Hall–Kier alpha value is -1.56. The molecule has 2 rings (SSSR count). The van der Waals surface area contributed by atoms with E-state index in [9.17, 15) is 18.0 Å². The van der Waals surface area contributed by atoms with Gasteiger partial charge in [-0.15, -0.1) is 0 Å². The van der Waals surface area contributed by atoms with Crippen LogP contribution in [0.2, 0.25) is 0 Å². The van der Waals surface area contributed by atoms with E-state index in [4.69, 9.17) is 5.73 Å². The van der Waals surface area contributed by atoms with Crippen LogP contribution in [0.15, 0.2) is 24.3 Å². The summed E-state index contributed by atoms with van der Waals surface area (Å²) in [5.74, 6) is -0.251. The van der Waals surface area contributed by atoms with Crippen LogP contribution < -0.4 is 11.1 Å². The molecule has 0 radical (unpaired) electrons. The number of nitrogens with two attached hydrogens (primary N) is 1. The smallest absolute Gasteiger partial charge is 0.326 e. The zero-order chi connectivity index (χ0) is 15.5. The lowest BCUT2D eigenvalue weighted by atomic mass is 9.80. The highest BCUT2D eigenvalue weighted by Crippen LogP contribution is 2.31. The van der Waals surface area contributed by atoms with Crippen molar-refractivity contribution in [1.82, 2.24) is 0 Å². The third-order valence-electron chi connectivity index (χ3n) is 3.86. The highest BCUT2D eigenvalue weighted by molar-refractivity contribution is 5.91. The van der Waals surface area contributed by atoms with Crippen molar-refractivity contribution in [2.45, 2.75) is 50.2 Å². The molecule has 3 N–H and O–H groups in total. The van der Waals surface area contributed by atoms with Gasteiger partial charge in [-0.3, -0.25) is 4.79 Å². The van der Waals surface area contributed by atoms with Crippen molar-refractivity contribution in [2.75, 3.05) is 5.32 Å². The second kappa shape index (κ2) is 6.05. The fourth-order valence-electron chi connectivity index (χ4n) is 2.70. The van der Waals surface area contributed by atoms with Crippen molar-refractivity contribution in [3.05, 3.63) is 29.8 Å². The summed E-state index contributed by atoms with van der Waals surface area (Å²) in [5.41, 5.74) is 5.33. The van der Waals surface area contributed by atoms with Gasteiger partial charge in [0.2, 0.25) is 5.91 Å². The average molecular weight is 300 g/mol. The summed E-state index contributed by atoms with van der Waals surface area (Å²) in [4.78, 5) is 12.0. The second-order valence-corrected chi connectivity index (χ2v) is 5.72. The molecule has 116 valence electrons. The molecule has 3 nitrogen and oxygen atoms in total. The van der Waals surface area contributed by atoms with E-state index in [1.165, 1.54) is 12.1 Å². The van der Waals surface area contributed by atoms with Gasteiger partial charge in [-0.1, -0.05) is 19.3 Å². The van der Waals surface area contributed by atoms with E-state index in [0.29, 0.717) is 5.69 Å². The third-order valence-corrected chi connectivity index (χ3v) is 3.86. The van der Waals surface area contributed by atoms with Gasteiger partial charge in [-0.2, -0.15) is 13.2 Å². The van der Waals surface area contributed by atoms with E-state index in [1.54, 1.807) is 0 Å². The van der Waals surface area contributed by atoms with Crippen molar-refractivity contribution in [2.24, 2.45) is 5.73 Å². The number of amides is 1. The fourth-order valence-corrected chi connectivity index (χ4v) is 2.70. The number of hydrogen-bond donors (Lipinski definition) is 2. The molecule has 1 saturated carbocycles. The van der Waals surface area contributed by atoms with E-state index < -0.39 is 17.3 Å². The summed E-state index contributed by atoms with van der Waals surface area (Å²) in [6, 6.07) is 4.42. The van der Waals surface area contributed by atoms with Crippen LogP contribution in [0.4, 0.5) is 18.9 Å². The third kappa shape index (κ3) is 4.46. The number of hydrogen-bond acceptors (Lipinski definition) is 2. The van der Waals surface area contributed by atoms with Crippen LogP contribution in [0, 0.1) is 0 Å². The minimum absolute atomic E-state index is 0.202. The van der Waals surface area contributed by atoms with Gasteiger partial charge in [-0.05, 0) is 37.1 Å². The van der Waals surface area contributed by atoms with Crippen molar-refractivity contribution >= 4 is 11.6 Å². The predicted molar refractivity (Wildman–Crippen MR) is 74.7 cm³/mol. The molecule has 1 aliphatic carbocycles. The first-order chi connectivity index (χ1) is 9.78. The number of carbonyl (C=O) groups excluding carboxylic acids is 1. The minimum atomic E-state index is -4.37. The normalized spacial score (nSPS) is 18.3. The molecule has 0 atom stereocenters. The number of halogens is 3. The first-order valence-corrected chi connectivity index (χ1v) is 7.05. The SMILES string of the molecule is NC1(CC(=O)Nc2ccc(C(F)(F)F)cc2)CCCCC1. The Kier molecular flexibility index (Phi) is 4.56. The maximum absolute atomic E-state index is 12.4. The first-order valence-electron chi connectivity index (χ1n) is 7.05. The number of carbonyl (C=O) groups is 1. The molecule has 0 heterocycles. The second-order valence-electron chi connectivity index (χ2n) is 5.72. The molecule has 1 aromatic rings. The maximum Gasteiger partial charge on any atom is 0.416 e. The number of alkyl halides is 3. The lowest BCUT2D eigenvalue weighted by Crippen LogP contribution is -2.44. The lowest BCUT2D eigenvalue weighted by molar-refractivity contribution is -0.137. The van der Waals surface area contributed by atoms with Crippen molar-refractivity contribution in [1.29, 1.82) is 0 Å². The van der Waals surface area contributed by atoms with E-state index in [1.807, 2.05) is 0 Å². The first kappa shape index (κ1) is 15.8. The Labute approximate surface area is 121 Å². The Morgan fingerprint density at radius 2 is 1.71 bits per heavy atom. The molecule has 6 heteroatoms. The Morgan fingerprint density at radius 3 is 2.24 bits per heavy atom. The average Bonchev–Trinajstić information content (AvgIpc) is 2.38. The van der Waals surface area contributed by atoms with Gasteiger partial charge in [0.1, 0.15) is 0 Å². The van der Waals surface area contributed by atoms with Gasteiger partial charge in [0.05, 0.1) is 5.56 Å². The number of nitrogens with one attached hydrogen (secondary N) is 1. The van der Waals surface area contributed by atoms with Crippen LogP contribution >= 0.6 is 0 Å². The molecule has 0 unspecified atom stereocenters. The minimum Gasteiger partial charge on any atom is -0.326 e. The molecule has 1 fully saturated rings. The summed E-state index contributed by atoms with van der Waals surface area (Å²) >= 11 is 0. The molecule has 0 bridgehead atoms. The highest BCUT2D eigenvalue weighted by atomic mass is 19.4. The van der Waals surface area contributed by atoms with Crippen LogP contribution in [0.1, 0.15) is 44.1 Å². The molecule has 0 spiro atoms. The predicted octanol–water partition coefficient (Wildman–Crippen LogP) is 3.70. The fraction of sp³-hybridized carbons (Fsp3) is 0.533. The highest BCUT2D eigenvalue weighted by Gasteiger charge is 2.31. The van der Waals surface area contributed by atoms with E-state index in [2.05, 4.69) is 5.32 Å². The van der Waals surface area contributed by atoms with Crippen LogP contribution in [0.25, 0.3) is 0 Å². The molecule has 1 aromatic carbocycles. The molecule has 21 heavy (non-hydrogen) atoms. The van der Waals surface area contributed by atoms with E-state index in [-0.39, 0.29) is 12.3 Å². The molecule has 0 saturated heterocycles.